The minimum Gasteiger partial charge on any atom is -0.478 e. The summed E-state index contributed by atoms with van der Waals surface area (Å²) >= 11 is 0. The summed E-state index contributed by atoms with van der Waals surface area (Å²) in [5.74, 6) is -1.11. The number of hydrogen-bond acceptors (Lipinski definition) is 2. The molecule has 92 valence electrons. The number of hydrogen-bond donors (Lipinski definition) is 2. The Morgan fingerprint density at radius 2 is 2.29 bits per heavy atom. The van der Waals surface area contributed by atoms with Crippen molar-refractivity contribution in [2.24, 2.45) is 5.92 Å². The van der Waals surface area contributed by atoms with Gasteiger partial charge in [0.2, 0.25) is 0 Å². The molecule has 1 aromatic carbocycles. The number of aromatic carboxylic acids is 1. The van der Waals surface area contributed by atoms with Gasteiger partial charge in [0.25, 0.3) is 0 Å². The van der Waals surface area contributed by atoms with Gasteiger partial charge in [0.1, 0.15) is 5.82 Å². The van der Waals surface area contributed by atoms with Gasteiger partial charge in [-0.1, -0.05) is 13.0 Å². The van der Waals surface area contributed by atoms with Crippen LogP contribution in [0.3, 0.4) is 0 Å². The van der Waals surface area contributed by atoms with E-state index in [1.54, 1.807) is 6.07 Å². The molecule has 2 atom stereocenters. The van der Waals surface area contributed by atoms with Gasteiger partial charge in [-0.2, -0.15) is 0 Å². The zero-order valence-electron chi connectivity index (χ0n) is 9.74. The number of nitrogens with one attached hydrogen (secondary N) is 1. The Morgan fingerprint density at radius 1 is 1.53 bits per heavy atom. The Kier molecular flexibility index (Phi) is 3.43. The van der Waals surface area contributed by atoms with Crippen molar-refractivity contribution in [1.29, 1.82) is 0 Å². The molecule has 1 aliphatic heterocycles. The van der Waals surface area contributed by atoms with Crippen LogP contribution in [0.1, 0.15) is 35.2 Å². The highest BCUT2D eigenvalue weighted by Crippen LogP contribution is 2.30. The summed E-state index contributed by atoms with van der Waals surface area (Å²) in [4.78, 5) is 10.9. The van der Waals surface area contributed by atoms with Crippen molar-refractivity contribution in [1.82, 2.24) is 5.32 Å². The van der Waals surface area contributed by atoms with Gasteiger partial charge in [-0.3, -0.25) is 0 Å². The minimum atomic E-state index is -1.20. The Balaban J connectivity index is 2.32. The van der Waals surface area contributed by atoms with Gasteiger partial charge in [-0.05, 0) is 49.0 Å². The fourth-order valence-electron chi connectivity index (χ4n) is 2.45. The quantitative estimate of drug-likeness (QED) is 0.829. The lowest BCUT2D eigenvalue weighted by molar-refractivity contribution is 0.0691. The first kappa shape index (κ1) is 12.0. The van der Waals surface area contributed by atoms with Crippen molar-refractivity contribution in [2.75, 3.05) is 13.1 Å². The van der Waals surface area contributed by atoms with Crippen LogP contribution in [0.25, 0.3) is 0 Å². The van der Waals surface area contributed by atoms with Crippen molar-refractivity contribution >= 4 is 5.97 Å². The molecular formula is C13H16FNO2. The zero-order valence-corrected chi connectivity index (χ0v) is 9.74. The normalized spacial score (nSPS) is 24.6. The molecule has 0 spiro atoms. The van der Waals surface area contributed by atoms with Crippen LogP contribution in [-0.2, 0) is 0 Å². The van der Waals surface area contributed by atoms with E-state index >= 15 is 0 Å². The van der Waals surface area contributed by atoms with Gasteiger partial charge in [0.15, 0.2) is 0 Å². The Labute approximate surface area is 99.7 Å². The number of carbonyl (C=O) groups is 1. The summed E-state index contributed by atoms with van der Waals surface area (Å²) in [6.45, 7) is 3.97. The topological polar surface area (TPSA) is 49.3 Å². The number of piperidine rings is 1. The number of carboxylic acid groups (broad SMARTS) is 1. The molecule has 1 aliphatic rings. The van der Waals surface area contributed by atoms with Crippen LogP contribution < -0.4 is 5.32 Å². The van der Waals surface area contributed by atoms with E-state index in [2.05, 4.69) is 12.2 Å². The van der Waals surface area contributed by atoms with Crippen LogP contribution in [0.5, 0.6) is 0 Å². The van der Waals surface area contributed by atoms with Crippen LogP contribution >= 0.6 is 0 Å². The van der Waals surface area contributed by atoms with Crippen LogP contribution in [0.15, 0.2) is 18.2 Å². The summed E-state index contributed by atoms with van der Waals surface area (Å²) in [5.41, 5.74) is 0.700. The standard InChI is InChI=1S/C13H16FNO2/c1-8-7-15-5-4-10(8)9-2-3-12(14)11(6-9)13(16)17/h2-3,6,8,10,15H,4-5,7H2,1H3,(H,16,17)/t8-,10-/m1/s1. The van der Waals surface area contributed by atoms with Crippen molar-refractivity contribution in [3.63, 3.8) is 0 Å². The van der Waals surface area contributed by atoms with Gasteiger partial charge in [-0.15, -0.1) is 0 Å². The van der Waals surface area contributed by atoms with Crippen molar-refractivity contribution in [3.8, 4) is 0 Å². The third-order valence-corrected chi connectivity index (χ3v) is 3.43. The zero-order chi connectivity index (χ0) is 12.4. The molecule has 0 unspecified atom stereocenters. The lowest BCUT2D eigenvalue weighted by atomic mass is 9.82. The first-order valence-electron chi connectivity index (χ1n) is 5.83. The van der Waals surface area contributed by atoms with Crippen molar-refractivity contribution in [2.45, 2.75) is 19.3 Å². The average molecular weight is 237 g/mol. The number of rotatable bonds is 2. The molecule has 1 saturated heterocycles. The monoisotopic (exact) mass is 237 g/mol. The van der Waals surface area contributed by atoms with Gasteiger partial charge in [0.05, 0.1) is 5.56 Å². The fourth-order valence-corrected chi connectivity index (χ4v) is 2.45. The molecule has 2 N–H and O–H groups in total. The minimum absolute atomic E-state index is 0.228. The van der Waals surface area contributed by atoms with Crippen LogP contribution in [0.4, 0.5) is 4.39 Å². The number of halogens is 1. The SMILES string of the molecule is C[C@@H]1CNCC[C@H]1c1ccc(F)c(C(=O)O)c1. The second-order valence-electron chi connectivity index (χ2n) is 4.62. The fraction of sp³-hybridized carbons (Fsp3) is 0.462. The summed E-state index contributed by atoms with van der Waals surface area (Å²) in [5, 5.41) is 12.2. The molecule has 0 radical (unpaired) electrons. The molecule has 3 nitrogen and oxygen atoms in total. The van der Waals surface area contributed by atoms with Crippen LogP contribution in [0.2, 0.25) is 0 Å². The van der Waals surface area contributed by atoms with Crippen molar-refractivity contribution < 1.29 is 14.3 Å². The third-order valence-electron chi connectivity index (χ3n) is 3.43. The summed E-state index contributed by atoms with van der Waals surface area (Å²) in [7, 11) is 0. The van der Waals surface area contributed by atoms with E-state index in [0.717, 1.165) is 25.1 Å². The van der Waals surface area contributed by atoms with E-state index in [9.17, 15) is 9.18 Å². The molecular weight excluding hydrogens is 221 g/mol. The summed E-state index contributed by atoms with van der Waals surface area (Å²) < 4.78 is 13.3. The van der Waals surface area contributed by atoms with Gasteiger partial charge < -0.3 is 10.4 Å². The van der Waals surface area contributed by atoms with E-state index < -0.39 is 11.8 Å². The smallest absolute Gasteiger partial charge is 0.338 e. The highest BCUT2D eigenvalue weighted by Gasteiger charge is 2.24. The molecule has 17 heavy (non-hydrogen) atoms. The van der Waals surface area contributed by atoms with Crippen LogP contribution in [0, 0.1) is 11.7 Å². The predicted octanol–water partition coefficient (Wildman–Crippen LogP) is 2.24. The van der Waals surface area contributed by atoms with Crippen LogP contribution in [-0.4, -0.2) is 24.2 Å². The number of carboxylic acids is 1. The Morgan fingerprint density at radius 3 is 2.94 bits per heavy atom. The van der Waals surface area contributed by atoms with E-state index in [1.807, 2.05) is 0 Å². The predicted molar refractivity (Wildman–Crippen MR) is 62.8 cm³/mol. The average Bonchev–Trinajstić information content (AvgIpc) is 2.30. The van der Waals surface area contributed by atoms with Gasteiger partial charge in [0, 0.05) is 0 Å². The molecule has 0 saturated carbocycles. The third kappa shape index (κ3) is 2.47. The maximum absolute atomic E-state index is 13.3. The molecule has 1 aromatic rings. The van der Waals surface area contributed by atoms with E-state index in [-0.39, 0.29) is 5.56 Å². The Bertz CT molecular complexity index is 433. The molecule has 1 heterocycles. The summed E-state index contributed by atoms with van der Waals surface area (Å²) in [6.07, 6.45) is 0.964. The first-order valence-corrected chi connectivity index (χ1v) is 5.83. The Hall–Kier alpha value is -1.42. The van der Waals surface area contributed by atoms with Gasteiger partial charge >= 0.3 is 5.97 Å². The molecule has 4 heteroatoms. The second kappa shape index (κ2) is 4.84. The lowest BCUT2D eigenvalue weighted by Crippen LogP contribution is -2.33. The van der Waals surface area contributed by atoms with Gasteiger partial charge in [-0.25, -0.2) is 9.18 Å². The van der Waals surface area contributed by atoms with Crippen molar-refractivity contribution in [3.05, 3.63) is 35.1 Å². The van der Waals surface area contributed by atoms with E-state index in [0.29, 0.717) is 11.8 Å². The van der Waals surface area contributed by atoms with E-state index in [4.69, 9.17) is 5.11 Å². The highest BCUT2D eigenvalue weighted by molar-refractivity contribution is 5.88. The summed E-state index contributed by atoms with van der Waals surface area (Å²) in [6, 6.07) is 4.44. The molecule has 0 aromatic heterocycles. The maximum Gasteiger partial charge on any atom is 0.338 e. The molecule has 1 fully saturated rings. The molecule has 0 amide bonds. The highest BCUT2D eigenvalue weighted by atomic mass is 19.1. The molecule has 0 bridgehead atoms. The molecule has 0 aliphatic carbocycles. The van der Waals surface area contributed by atoms with E-state index in [1.165, 1.54) is 12.1 Å². The first-order chi connectivity index (χ1) is 8.09. The molecule has 2 rings (SSSR count). The maximum atomic E-state index is 13.3. The lowest BCUT2D eigenvalue weighted by Gasteiger charge is -2.30. The number of benzene rings is 1. The largest absolute Gasteiger partial charge is 0.478 e. The second-order valence-corrected chi connectivity index (χ2v) is 4.62.